The minimum absolute atomic E-state index is 0.0608. The van der Waals surface area contributed by atoms with Gasteiger partial charge in [-0.25, -0.2) is 0 Å². The van der Waals surface area contributed by atoms with Gasteiger partial charge >= 0.3 is 0 Å². The van der Waals surface area contributed by atoms with Crippen LogP contribution in [0.1, 0.15) is 27.2 Å². The lowest BCUT2D eigenvalue weighted by molar-refractivity contribution is -0.125. The van der Waals surface area contributed by atoms with Gasteiger partial charge in [-0.15, -0.1) is 0 Å². The van der Waals surface area contributed by atoms with E-state index in [1.807, 2.05) is 34.9 Å². The van der Waals surface area contributed by atoms with Crippen molar-refractivity contribution in [3.05, 3.63) is 18.2 Å². The van der Waals surface area contributed by atoms with Crippen LogP contribution in [0.25, 0.3) is 11.1 Å². The highest BCUT2D eigenvalue weighted by Crippen LogP contribution is 2.23. The SMILES string of the molecule is CN(C)c1nc2cc(NC(=O)CNC(=O)CC(C)(C)C)ccc2o1. The van der Waals surface area contributed by atoms with Crippen molar-refractivity contribution >= 4 is 34.6 Å². The summed E-state index contributed by atoms with van der Waals surface area (Å²) in [5, 5.41) is 5.37. The minimum Gasteiger partial charge on any atom is -0.423 e. The first-order valence-corrected chi connectivity index (χ1v) is 7.78. The topological polar surface area (TPSA) is 87.5 Å². The standard InChI is InChI=1S/C17H24N4O3/c1-17(2,3)9-14(22)18-10-15(23)19-11-6-7-13-12(8-11)20-16(24-13)21(4)5/h6-8H,9-10H2,1-5H3,(H,18,22)(H,19,23). The molecule has 2 amide bonds. The van der Waals surface area contributed by atoms with Crippen LogP contribution in [0.15, 0.2) is 22.6 Å². The summed E-state index contributed by atoms with van der Waals surface area (Å²) < 4.78 is 5.56. The highest BCUT2D eigenvalue weighted by atomic mass is 16.4. The van der Waals surface area contributed by atoms with Gasteiger partial charge in [0.2, 0.25) is 11.8 Å². The number of hydrogen-bond donors (Lipinski definition) is 2. The van der Waals surface area contributed by atoms with Crippen molar-refractivity contribution in [1.82, 2.24) is 10.3 Å². The first-order chi connectivity index (χ1) is 11.1. The number of carbonyl (C=O) groups is 2. The average Bonchev–Trinajstić information content (AvgIpc) is 2.87. The second kappa shape index (κ2) is 6.90. The molecule has 0 radical (unpaired) electrons. The molecule has 0 spiro atoms. The fourth-order valence-corrected chi connectivity index (χ4v) is 2.11. The van der Waals surface area contributed by atoms with Crippen molar-refractivity contribution in [1.29, 1.82) is 0 Å². The smallest absolute Gasteiger partial charge is 0.297 e. The van der Waals surface area contributed by atoms with E-state index in [9.17, 15) is 9.59 Å². The molecule has 7 nitrogen and oxygen atoms in total. The maximum Gasteiger partial charge on any atom is 0.297 e. The second-order valence-electron chi connectivity index (χ2n) is 7.14. The summed E-state index contributed by atoms with van der Waals surface area (Å²) in [5.41, 5.74) is 1.81. The van der Waals surface area contributed by atoms with Crippen LogP contribution in [-0.4, -0.2) is 37.4 Å². The first kappa shape index (κ1) is 17.8. The van der Waals surface area contributed by atoms with Gasteiger partial charge in [-0.05, 0) is 23.6 Å². The predicted molar refractivity (Wildman–Crippen MR) is 94.0 cm³/mol. The third kappa shape index (κ3) is 4.97. The minimum atomic E-state index is -0.284. The van der Waals surface area contributed by atoms with Gasteiger partial charge in [0.1, 0.15) is 5.52 Å². The number of hydrogen-bond acceptors (Lipinski definition) is 5. The van der Waals surface area contributed by atoms with Crippen LogP contribution in [0.3, 0.4) is 0 Å². The molecular formula is C17H24N4O3. The molecule has 2 N–H and O–H groups in total. The Hall–Kier alpha value is -2.57. The van der Waals surface area contributed by atoms with E-state index in [1.165, 1.54) is 0 Å². The molecule has 0 unspecified atom stereocenters. The molecule has 2 aromatic rings. The van der Waals surface area contributed by atoms with Crippen molar-refractivity contribution in [2.45, 2.75) is 27.2 Å². The summed E-state index contributed by atoms with van der Waals surface area (Å²) in [6.45, 7) is 5.86. The Bertz CT molecular complexity index is 744. The van der Waals surface area contributed by atoms with Crippen LogP contribution in [0, 0.1) is 5.41 Å². The van der Waals surface area contributed by atoms with Crippen LogP contribution >= 0.6 is 0 Å². The number of fused-ring (bicyclic) bond motifs is 1. The van der Waals surface area contributed by atoms with Gasteiger partial charge in [0.05, 0.1) is 6.54 Å². The number of amides is 2. The van der Waals surface area contributed by atoms with Gasteiger partial charge in [-0.3, -0.25) is 9.59 Å². The van der Waals surface area contributed by atoms with E-state index in [0.29, 0.717) is 29.2 Å². The van der Waals surface area contributed by atoms with E-state index in [2.05, 4.69) is 15.6 Å². The van der Waals surface area contributed by atoms with E-state index in [4.69, 9.17) is 4.42 Å². The number of benzene rings is 1. The third-order valence-electron chi connectivity index (χ3n) is 3.18. The molecular weight excluding hydrogens is 308 g/mol. The fraction of sp³-hybridized carbons (Fsp3) is 0.471. The van der Waals surface area contributed by atoms with Crippen LogP contribution < -0.4 is 15.5 Å². The lowest BCUT2D eigenvalue weighted by atomic mass is 9.92. The molecule has 0 fully saturated rings. The Kier molecular flexibility index (Phi) is 5.11. The normalized spacial score (nSPS) is 11.4. The largest absolute Gasteiger partial charge is 0.423 e. The summed E-state index contributed by atoms with van der Waals surface area (Å²) >= 11 is 0. The lowest BCUT2D eigenvalue weighted by Crippen LogP contribution is -2.34. The third-order valence-corrected chi connectivity index (χ3v) is 3.18. The fourth-order valence-electron chi connectivity index (χ4n) is 2.11. The summed E-state index contributed by atoms with van der Waals surface area (Å²) in [6.07, 6.45) is 0.374. The number of anilines is 2. The van der Waals surface area contributed by atoms with Gasteiger partial charge in [-0.1, -0.05) is 20.8 Å². The highest BCUT2D eigenvalue weighted by molar-refractivity contribution is 5.96. The maximum absolute atomic E-state index is 12.0. The molecule has 0 aliphatic heterocycles. The second-order valence-corrected chi connectivity index (χ2v) is 7.14. The lowest BCUT2D eigenvalue weighted by Gasteiger charge is -2.17. The van der Waals surface area contributed by atoms with E-state index >= 15 is 0 Å². The van der Waals surface area contributed by atoms with Crippen molar-refractivity contribution in [2.75, 3.05) is 30.9 Å². The number of nitrogens with one attached hydrogen (secondary N) is 2. The van der Waals surface area contributed by atoms with E-state index in [1.54, 1.807) is 23.1 Å². The van der Waals surface area contributed by atoms with Crippen molar-refractivity contribution in [2.24, 2.45) is 5.41 Å². The molecule has 0 saturated carbocycles. The first-order valence-electron chi connectivity index (χ1n) is 7.78. The molecule has 1 heterocycles. The zero-order valence-electron chi connectivity index (χ0n) is 14.8. The Balaban J connectivity index is 1.94. The van der Waals surface area contributed by atoms with Gasteiger partial charge in [0.25, 0.3) is 6.01 Å². The molecule has 7 heteroatoms. The Morgan fingerprint density at radius 2 is 1.92 bits per heavy atom. The maximum atomic E-state index is 12.0. The zero-order valence-corrected chi connectivity index (χ0v) is 14.8. The average molecular weight is 332 g/mol. The van der Waals surface area contributed by atoms with Gasteiger partial charge < -0.3 is 20.0 Å². The van der Waals surface area contributed by atoms with Crippen LogP contribution in [-0.2, 0) is 9.59 Å². The molecule has 130 valence electrons. The number of aromatic nitrogens is 1. The van der Waals surface area contributed by atoms with Crippen molar-refractivity contribution in [3.8, 4) is 0 Å². The molecule has 1 aromatic heterocycles. The van der Waals surface area contributed by atoms with E-state index < -0.39 is 0 Å². The van der Waals surface area contributed by atoms with Gasteiger partial charge in [0.15, 0.2) is 5.58 Å². The summed E-state index contributed by atoms with van der Waals surface area (Å²) in [4.78, 5) is 29.8. The zero-order chi connectivity index (χ0) is 17.9. The monoisotopic (exact) mass is 332 g/mol. The molecule has 0 atom stereocenters. The molecule has 0 aliphatic rings. The van der Waals surface area contributed by atoms with Crippen molar-refractivity contribution in [3.63, 3.8) is 0 Å². The highest BCUT2D eigenvalue weighted by Gasteiger charge is 2.16. The van der Waals surface area contributed by atoms with Crippen molar-refractivity contribution < 1.29 is 14.0 Å². The molecule has 2 rings (SSSR count). The Morgan fingerprint density at radius 1 is 1.21 bits per heavy atom. The number of nitrogens with zero attached hydrogens (tertiary/aromatic N) is 2. The molecule has 0 saturated heterocycles. The number of carbonyl (C=O) groups excluding carboxylic acids is 2. The summed E-state index contributed by atoms with van der Waals surface area (Å²) in [5.74, 6) is -0.423. The molecule has 24 heavy (non-hydrogen) atoms. The Labute approximate surface area is 141 Å². The summed E-state index contributed by atoms with van der Waals surface area (Å²) in [7, 11) is 3.68. The van der Waals surface area contributed by atoms with Gasteiger partial charge in [-0.2, -0.15) is 4.98 Å². The quantitative estimate of drug-likeness (QED) is 0.878. The Morgan fingerprint density at radius 3 is 2.54 bits per heavy atom. The van der Waals surface area contributed by atoms with E-state index in [-0.39, 0.29) is 23.8 Å². The van der Waals surface area contributed by atoms with Crippen LogP contribution in [0.5, 0.6) is 0 Å². The number of rotatable bonds is 5. The molecule has 0 aliphatic carbocycles. The number of oxazole rings is 1. The van der Waals surface area contributed by atoms with Crippen LogP contribution in [0.2, 0.25) is 0 Å². The van der Waals surface area contributed by atoms with E-state index in [0.717, 1.165) is 0 Å². The van der Waals surface area contributed by atoms with Gasteiger partial charge in [0, 0.05) is 26.2 Å². The summed E-state index contributed by atoms with van der Waals surface area (Å²) in [6, 6.07) is 5.73. The van der Waals surface area contributed by atoms with Crippen LogP contribution in [0.4, 0.5) is 11.7 Å². The predicted octanol–water partition coefficient (Wildman–Crippen LogP) is 2.38. The molecule has 1 aromatic carbocycles. The molecule has 0 bridgehead atoms.